The SMILES string of the molecule is C=C(C)C(=O)OCCCCCCc1ccc(OC(=O)C2CCC(C(=O)Oc3ccc(CCCCCCOC(=O)C(=C)CC)cc3)CC2)cc1. The molecule has 0 spiro atoms. The molecule has 0 bridgehead atoms. The normalized spacial score (nSPS) is 15.6. The topological polar surface area (TPSA) is 105 Å². The van der Waals surface area contributed by atoms with Crippen LogP contribution in [0.3, 0.4) is 0 Å². The van der Waals surface area contributed by atoms with E-state index in [0.29, 0.717) is 68.0 Å². The molecule has 0 aromatic heterocycles. The molecule has 2 aromatic rings. The van der Waals surface area contributed by atoms with Gasteiger partial charge in [0.1, 0.15) is 11.5 Å². The molecule has 2 aromatic carbocycles. The van der Waals surface area contributed by atoms with E-state index in [1.807, 2.05) is 55.5 Å². The molecular weight excluding hydrogens is 620 g/mol. The second kappa shape index (κ2) is 21.7. The van der Waals surface area contributed by atoms with Crippen molar-refractivity contribution in [3.63, 3.8) is 0 Å². The van der Waals surface area contributed by atoms with Crippen molar-refractivity contribution in [2.75, 3.05) is 13.2 Å². The molecule has 266 valence electrons. The average molecular weight is 675 g/mol. The summed E-state index contributed by atoms with van der Waals surface area (Å²) in [5.74, 6) is -0.505. The van der Waals surface area contributed by atoms with Crippen LogP contribution < -0.4 is 9.47 Å². The van der Waals surface area contributed by atoms with E-state index in [4.69, 9.17) is 18.9 Å². The van der Waals surface area contributed by atoms with Crippen LogP contribution in [0.4, 0.5) is 0 Å². The van der Waals surface area contributed by atoms with Crippen molar-refractivity contribution in [3.8, 4) is 11.5 Å². The Morgan fingerprint density at radius 2 is 0.980 bits per heavy atom. The van der Waals surface area contributed by atoms with Crippen LogP contribution in [0.25, 0.3) is 0 Å². The molecule has 0 N–H and O–H groups in total. The van der Waals surface area contributed by atoms with Gasteiger partial charge in [-0.25, -0.2) is 9.59 Å². The van der Waals surface area contributed by atoms with E-state index in [0.717, 1.165) is 64.2 Å². The van der Waals surface area contributed by atoms with Gasteiger partial charge in [0.2, 0.25) is 0 Å². The predicted octanol–water partition coefficient (Wildman–Crippen LogP) is 8.84. The molecule has 49 heavy (non-hydrogen) atoms. The number of rotatable bonds is 21. The predicted molar refractivity (Wildman–Crippen MR) is 190 cm³/mol. The fourth-order valence-electron chi connectivity index (χ4n) is 5.68. The summed E-state index contributed by atoms with van der Waals surface area (Å²) in [5, 5.41) is 0. The molecule has 0 aliphatic heterocycles. The quantitative estimate of drug-likeness (QED) is 0.0560. The maximum absolute atomic E-state index is 12.8. The van der Waals surface area contributed by atoms with Gasteiger partial charge in [0.05, 0.1) is 25.0 Å². The lowest BCUT2D eigenvalue weighted by atomic mass is 9.82. The molecule has 1 aliphatic carbocycles. The van der Waals surface area contributed by atoms with Gasteiger partial charge in [0.15, 0.2) is 0 Å². The molecule has 8 heteroatoms. The number of ether oxygens (including phenoxy) is 4. The van der Waals surface area contributed by atoms with Crippen LogP contribution >= 0.6 is 0 Å². The van der Waals surface area contributed by atoms with E-state index in [1.165, 1.54) is 11.1 Å². The monoisotopic (exact) mass is 674 g/mol. The van der Waals surface area contributed by atoms with Crippen LogP contribution in [0.5, 0.6) is 11.5 Å². The number of carbonyl (C=O) groups is 4. The molecule has 3 rings (SSSR count). The maximum Gasteiger partial charge on any atom is 0.333 e. The summed E-state index contributed by atoms with van der Waals surface area (Å²) in [6.07, 6.45) is 12.7. The number of aryl methyl sites for hydroxylation is 2. The summed E-state index contributed by atoms with van der Waals surface area (Å²) in [7, 11) is 0. The third-order valence-electron chi connectivity index (χ3n) is 8.93. The molecule has 8 nitrogen and oxygen atoms in total. The third-order valence-corrected chi connectivity index (χ3v) is 8.93. The Bertz CT molecular complexity index is 1370. The Labute approximate surface area is 292 Å². The summed E-state index contributed by atoms with van der Waals surface area (Å²) < 4.78 is 21.7. The maximum atomic E-state index is 12.8. The van der Waals surface area contributed by atoms with Crippen molar-refractivity contribution in [2.45, 2.75) is 110 Å². The minimum atomic E-state index is -0.333. The highest BCUT2D eigenvalue weighted by atomic mass is 16.5. The summed E-state index contributed by atoms with van der Waals surface area (Å²) in [4.78, 5) is 48.7. The first-order valence-electron chi connectivity index (χ1n) is 17.9. The van der Waals surface area contributed by atoms with E-state index in [1.54, 1.807) is 6.92 Å². The van der Waals surface area contributed by atoms with Crippen LogP contribution in [-0.2, 0) is 41.5 Å². The van der Waals surface area contributed by atoms with Gasteiger partial charge in [-0.3, -0.25) is 9.59 Å². The van der Waals surface area contributed by atoms with E-state index in [2.05, 4.69) is 13.2 Å². The molecule has 0 saturated heterocycles. The minimum absolute atomic E-state index is 0.228. The second-order valence-corrected chi connectivity index (χ2v) is 13.0. The van der Waals surface area contributed by atoms with Gasteiger partial charge in [-0.05, 0) is 113 Å². The summed E-state index contributed by atoms with van der Waals surface area (Å²) in [6.45, 7) is 11.7. The van der Waals surface area contributed by atoms with Gasteiger partial charge in [0.25, 0.3) is 0 Å². The summed E-state index contributed by atoms with van der Waals surface area (Å²) in [6, 6.07) is 15.3. The van der Waals surface area contributed by atoms with Crippen LogP contribution in [0, 0.1) is 11.8 Å². The lowest BCUT2D eigenvalue weighted by molar-refractivity contribution is -0.145. The van der Waals surface area contributed by atoms with E-state index in [-0.39, 0.29) is 35.7 Å². The highest BCUT2D eigenvalue weighted by Crippen LogP contribution is 2.31. The molecule has 0 heterocycles. The Morgan fingerprint density at radius 3 is 1.37 bits per heavy atom. The van der Waals surface area contributed by atoms with Crippen molar-refractivity contribution >= 4 is 23.9 Å². The molecule has 0 radical (unpaired) electrons. The average Bonchev–Trinajstić information content (AvgIpc) is 3.11. The molecular formula is C41H54O8. The lowest BCUT2D eigenvalue weighted by Gasteiger charge is -2.25. The number of hydrogen-bond donors (Lipinski definition) is 0. The zero-order valence-corrected chi connectivity index (χ0v) is 29.5. The largest absolute Gasteiger partial charge is 0.462 e. The molecule has 1 saturated carbocycles. The first kappa shape index (κ1) is 39.2. The number of carbonyl (C=O) groups excluding carboxylic acids is 4. The molecule has 0 atom stereocenters. The van der Waals surface area contributed by atoms with Gasteiger partial charge < -0.3 is 18.9 Å². The minimum Gasteiger partial charge on any atom is -0.462 e. The third kappa shape index (κ3) is 14.8. The van der Waals surface area contributed by atoms with Crippen molar-refractivity contribution in [2.24, 2.45) is 11.8 Å². The number of hydrogen-bond acceptors (Lipinski definition) is 8. The van der Waals surface area contributed by atoms with Crippen molar-refractivity contribution in [3.05, 3.63) is 84.0 Å². The number of unbranched alkanes of at least 4 members (excludes halogenated alkanes) is 6. The van der Waals surface area contributed by atoms with Crippen LogP contribution in [0.15, 0.2) is 72.8 Å². The zero-order valence-electron chi connectivity index (χ0n) is 29.5. The first-order chi connectivity index (χ1) is 23.7. The second-order valence-electron chi connectivity index (χ2n) is 13.0. The van der Waals surface area contributed by atoms with Gasteiger partial charge in [0, 0.05) is 11.1 Å². The van der Waals surface area contributed by atoms with Crippen LogP contribution in [0.1, 0.15) is 108 Å². The van der Waals surface area contributed by atoms with Gasteiger partial charge in [-0.1, -0.05) is 70.0 Å². The van der Waals surface area contributed by atoms with Crippen molar-refractivity contribution < 1.29 is 38.1 Å². The fourth-order valence-corrected chi connectivity index (χ4v) is 5.68. The van der Waals surface area contributed by atoms with E-state index in [9.17, 15) is 19.2 Å². The Hall–Kier alpha value is -4.20. The number of esters is 4. The lowest BCUT2D eigenvalue weighted by Crippen LogP contribution is -2.30. The smallest absolute Gasteiger partial charge is 0.333 e. The highest BCUT2D eigenvalue weighted by Gasteiger charge is 2.32. The summed E-state index contributed by atoms with van der Waals surface area (Å²) >= 11 is 0. The highest BCUT2D eigenvalue weighted by molar-refractivity contribution is 5.87. The van der Waals surface area contributed by atoms with Gasteiger partial charge in [-0.15, -0.1) is 0 Å². The van der Waals surface area contributed by atoms with Gasteiger partial charge in [-0.2, -0.15) is 0 Å². The standard InChI is InChI=1S/C41H54O8/c1-5-31(4)39(43)47-29-13-9-7-11-15-33-18-26-37(27-19-33)49-41(45)35-22-20-34(21-23-35)40(44)48-36-24-16-32(17-25-36)14-10-6-8-12-28-46-38(42)30(2)3/h16-19,24-27,34-35H,2,4-15,20-23,28-29H2,1,3H3. The Balaban J connectivity index is 1.26. The number of benzene rings is 2. The van der Waals surface area contributed by atoms with Crippen LogP contribution in [-0.4, -0.2) is 37.1 Å². The molecule has 0 amide bonds. The molecule has 0 unspecified atom stereocenters. The molecule has 1 aliphatic rings. The van der Waals surface area contributed by atoms with Crippen LogP contribution in [0.2, 0.25) is 0 Å². The van der Waals surface area contributed by atoms with Crippen molar-refractivity contribution in [1.29, 1.82) is 0 Å². The molecule has 1 fully saturated rings. The van der Waals surface area contributed by atoms with E-state index >= 15 is 0 Å². The Morgan fingerprint density at radius 1 is 0.592 bits per heavy atom. The van der Waals surface area contributed by atoms with Crippen molar-refractivity contribution in [1.82, 2.24) is 0 Å². The fraction of sp³-hybridized carbons (Fsp3) is 0.512. The zero-order chi connectivity index (χ0) is 35.4. The first-order valence-corrected chi connectivity index (χ1v) is 17.9. The van der Waals surface area contributed by atoms with Gasteiger partial charge >= 0.3 is 23.9 Å². The van der Waals surface area contributed by atoms with E-state index < -0.39 is 0 Å². The summed E-state index contributed by atoms with van der Waals surface area (Å²) in [5.41, 5.74) is 3.30. The Kier molecular flexibility index (Phi) is 17.4.